The minimum atomic E-state index is -0.481. The van der Waals surface area contributed by atoms with Crippen molar-refractivity contribution < 1.29 is 13.9 Å². The number of nitrogens with zero attached hydrogens (tertiary/aromatic N) is 3. The molecule has 0 fully saturated rings. The molecular formula is C21H21FN4O2S. The molecule has 8 heteroatoms. The van der Waals surface area contributed by atoms with Crippen LogP contribution in [0.25, 0.3) is 0 Å². The zero-order valence-corrected chi connectivity index (χ0v) is 17.1. The third-order valence-electron chi connectivity index (χ3n) is 4.84. The number of benzene rings is 2. The minimum Gasteiger partial charge on any atom is -0.497 e. The Morgan fingerprint density at radius 1 is 1.14 bits per heavy atom. The average molecular weight is 412 g/mol. The Hall–Kier alpha value is -2.87. The van der Waals surface area contributed by atoms with E-state index in [9.17, 15) is 9.18 Å². The summed E-state index contributed by atoms with van der Waals surface area (Å²) in [5.74, 6) is 1.25. The topological polar surface area (TPSA) is 69.0 Å². The Bertz CT molecular complexity index is 1020. The highest BCUT2D eigenvalue weighted by Gasteiger charge is 2.38. The second-order valence-electron chi connectivity index (χ2n) is 7.12. The number of hydrogen-bond donors (Lipinski definition) is 1. The normalized spacial score (nSPS) is 18.2. The number of hydrogen-bond acceptors (Lipinski definition) is 6. The van der Waals surface area contributed by atoms with Gasteiger partial charge in [0.05, 0.1) is 13.2 Å². The van der Waals surface area contributed by atoms with Gasteiger partial charge >= 0.3 is 0 Å². The van der Waals surface area contributed by atoms with Crippen LogP contribution in [0.15, 0.2) is 53.7 Å². The van der Waals surface area contributed by atoms with Crippen molar-refractivity contribution in [2.24, 2.45) is 0 Å². The lowest BCUT2D eigenvalue weighted by Crippen LogP contribution is -2.39. The van der Waals surface area contributed by atoms with Gasteiger partial charge < -0.3 is 10.2 Å². The summed E-state index contributed by atoms with van der Waals surface area (Å²) in [5.41, 5.74) is 4.83. The molecule has 29 heavy (non-hydrogen) atoms. The zero-order valence-electron chi connectivity index (χ0n) is 16.3. The van der Waals surface area contributed by atoms with E-state index < -0.39 is 5.25 Å². The molecule has 0 bridgehead atoms. The van der Waals surface area contributed by atoms with Crippen molar-refractivity contribution in [2.75, 3.05) is 12.5 Å². The molecule has 3 aromatic rings. The van der Waals surface area contributed by atoms with Crippen molar-refractivity contribution in [3.63, 3.8) is 0 Å². The van der Waals surface area contributed by atoms with Crippen LogP contribution in [0.4, 0.5) is 4.39 Å². The van der Waals surface area contributed by atoms with E-state index in [0.717, 1.165) is 17.1 Å². The van der Waals surface area contributed by atoms with Gasteiger partial charge in [0.15, 0.2) is 11.6 Å². The number of ether oxygens (including phenoxy) is 1. The highest BCUT2D eigenvalue weighted by Crippen LogP contribution is 2.39. The number of thioether (sulfide) groups is 1. The Balaban J connectivity index is 1.74. The van der Waals surface area contributed by atoms with Crippen LogP contribution in [0.2, 0.25) is 0 Å². The van der Waals surface area contributed by atoms with Crippen molar-refractivity contribution in [2.45, 2.75) is 36.2 Å². The van der Waals surface area contributed by atoms with Crippen molar-refractivity contribution in [1.82, 2.24) is 14.9 Å². The van der Waals surface area contributed by atoms with E-state index in [1.54, 1.807) is 7.11 Å². The van der Waals surface area contributed by atoms with Crippen LogP contribution < -0.4 is 10.2 Å². The lowest BCUT2D eigenvalue weighted by molar-refractivity contribution is 0.0980. The van der Waals surface area contributed by atoms with Gasteiger partial charge in [-0.05, 0) is 42.0 Å². The molecule has 1 N–H and O–H groups in total. The number of Topliss-reactive ketones (excluding diaryl/α,β-unsaturated/α-hetero) is 1. The molecule has 0 saturated heterocycles. The van der Waals surface area contributed by atoms with E-state index in [-0.39, 0.29) is 23.6 Å². The summed E-state index contributed by atoms with van der Waals surface area (Å²) in [4.78, 5) is 13.3. The summed E-state index contributed by atoms with van der Waals surface area (Å²) in [6.07, 6.45) is 0. The van der Waals surface area contributed by atoms with Gasteiger partial charge in [0.1, 0.15) is 16.8 Å². The maximum absolute atomic E-state index is 13.3. The first kappa shape index (κ1) is 19.4. The van der Waals surface area contributed by atoms with Gasteiger partial charge in [-0.25, -0.2) is 9.07 Å². The molecular weight excluding hydrogens is 391 g/mol. The standard InChI is InChI=1S/C21H21FN4O2S/c1-12(2)20-23-24-21-26(20)25-17(13-6-10-16(28-3)11-7-13)19(29-21)18(27)14-4-8-15(22)9-5-14/h4-12,17,19,25H,1-3H3/t17-,19-/m1/s1. The molecule has 2 atom stereocenters. The van der Waals surface area contributed by atoms with Crippen LogP contribution in [0.3, 0.4) is 0 Å². The van der Waals surface area contributed by atoms with Crippen LogP contribution in [0.1, 0.15) is 47.6 Å². The summed E-state index contributed by atoms with van der Waals surface area (Å²) < 4.78 is 20.4. The third-order valence-corrected chi connectivity index (χ3v) is 6.06. The fourth-order valence-electron chi connectivity index (χ4n) is 3.29. The zero-order chi connectivity index (χ0) is 20.5. The highest BCUT2D eigenvalue weighted by molar-refractivity contribution is 8.00. The molecule has 4 rings (SSSR count). The molecule has 150 valence electrons. The number of nitrogens with one attached hydrogen (secondary N) is 1. The van der Waals surface area contributed by atoms with Crippen LogP contribution in [-0.4, -0.2) is 33.0 Å². The summed E-state index contributed by atoms with van der Waals surface area (Å²) in [5, 5.41) is 8.69. The smallest absolute Gasteiger partial charge is 0.210 e. The Kier molecular flexibility index (Phi) is 5.27. The number of rotatable bonds is 5. The lowest BCUT2D eigenvalue weighted by atomic mass is 9.97. The molecule has 2 aromatic carbocycles. The maximum Gasteiger partial charge on any atom is 0.210 e. The van der Waals surface area contributed by atoms with Gasteiger partial charge in [-0.3, -0.25) is 4.79 Å². The van der Waals surface area contributed by atoms with Crippen LogP contribution in [0.5, 0.6) is 5.75 Å². The van der Waals surface area contributed by atoms with Crippen LogP contribution in [0, 0.1) is 5.82 Å². The quantitative estimate of drug-likeness (QED) is 0.634. The minimum absolute atomic E-state index is 0.0938. The Labute approximate surface area is 172 Å². The van der Waals surface area contributed by atoms with Crippen LogP contribution >= 0.6 is 11.8 Å². The maximum atomic E-state index is 13.3. The van der Waals surface area contributed by atoms with Gasteiger partial charge in [0.25, 0.3) is 0 Å². The van der Waals surface area contributed by atoms with Crippen molar-refractivity contribution in [3.05, 3.63) is 71.3 Å². The fraction of sp³-hybridized carbons (Fsp3) is 0.286. The number of aromatic nitrogens is 3. The summed E-state index contributed by atoms with van der Waals surface area (Å²) in [7, 11) is 1.61. The molecule has 1 aliphatic rings. The molecule has 0 amide bonds. The third kappa shape index (κ3) is 3.72. The number of carbonyl (C=O) groups is 1. The molecule has 0 spiro atoms. The van der Waals surface area contributed by atoms with Crippen molar-refractivity contribution in [1.29, 1.82) is 0 Å². The first-order chi connectivity index (χ1) is 14.0. The van der Waals surface area contributed by atoms with Gasteiger partial charge in [0, 0.05) is 11.5 Å². The van der Waals surface area contributed by atoms with Crippen LogP contribution in [-0.2, 0) is 0 Å². The lowest BCUT2D eigenvalue weighted by Gasteiger charge is -2.33. The second-order valence-corrected chi connectivity index (χ2v) is 8.23. The number of carbonyl (C=O) groups excluding carboxylic acids is 1. The Morgan fingerprint density at radius 3 is 2.45 bits per heavy atom. The highest BCUT2D eigenvalue weighted by atomic mass is 32.2. The van der Waals surface area contributed by atoms with Gasteiger partial charge in [-0.15, -0.1) is 10.2 Å². The number of methoxy groups -OCH3 is 1. The average Bonchev–Trinajstić information content (AvgIpc) is 3.16. The van der Waals surface area contributed by atoms with Gasteiger partial charge in [0.2, 0.25) is 5.16 Å². The number of halogens is 1. The Morgan fingerprint density at radius 2 is 1.83 bits per heavy atom. The van der Waals surface area contributed by atoms with Crippen molar-refractivity contribution in [3.8, 4) is 5.75 Å². The first-order valence-corrected chi connectivity index (χ1v) is 10.2. The molecule has 0 radical (unpaired) electrons. The first-order valence-electron chi connectivity index (χ1n) is 9.30. The monoisotopic (exact) mass is 412 g/mol. The summed E-state index contributed by atoms with van der Waals surface area (Å²) in [6.45, 7) is 4.09. The van der Waals surface area contributed by atoms with E-state index in [2.05, 4.69) is 15.6 Å². The molecule has 0 aliphatic carbocycles. The van der Waals surface area contributed by atoms with Gasteiger partial charge in [-0.2, -0.15) is 0 Å². The molecule has 0 unspecified atom stereocenters. The molecule has 1 aliphatic heterocycles. The largest absolute Gasteiger partial charge is 0.497 e. The molecule has 6 nitrogen and oxygen atoms in total. The fourth-order valence-corrected chi connectivity index (χ4v) is 4.45. The number of fused-ring (bicyclic) bond motifs is 1. The van der Waals surface area contributed by atoms with E-state index >= 15 is 0 Å². The van der Waals surface area contributed by atoms with E-state index in [1.165, 1.54) is 36.0 Å². The van der Waals surface area contributed by atoms with Crippen molar-refractivity contribution >= 4 is 17.5 Å². The number of ketones is 1. The predicted molar refractivity (Wildman–Crippen MR) is 110 cm³/mol. The molecule has 1 aromatic heterocycles. The molecule has 0 saturated carbocycles. The van der Waals surface area contributed by atoms with Gasteiger partial charge in [-0.1, -0.05) is 37.7 Å². The second kappa shape index (κ2) is 7.87. The SMILES string of the molecule is COc1ccc([C@H]2Nn3c(nnc3C(C)C)S[C@H]2C(=O)c2ccc(F)cc2)cc1. The molecule has 2 heterocycles. The summed E-state index contributed by atoms with van der Waals surface area (Å²) in [6, 6.07) is 12.9. The summed E-state index contributed by atoms with van der Waals surface area (Å²) >= 11 is 1.37. The van der Waals surface area contributed by atoms with E-state index in [1.807, 2.05) is 42.8 Å². The van der Waals surface area contributed by atoms with E-state index in [0.29, 0.717) is 10.7 Å². The predicted octanol–water partition coefficient (Wildman–Crippen LogP) is 4.19. The van der Waals surface area contributed by atoms with E-state index in [4.69, 9.17) is 4.74 Å².